The van der Waals surface area contributed by atoms with Crippen LogP contribution in [0.25, 0.3) is 5.57 Å². The van der Waals surface area contributed by atoms with Crippen molar-refractivity contribution in [3.63, 3.8) is 0 Å². The van der Waals surface area contributed by atoms with Crippen LogP contribution in [-0.4, -0.2) is 34.7 Å². The summed E-state index contributed by atoms with van der Waals surface area (Å²) in [5.74, 6) is -1.09. The van der Waals surface area contributed by atoms with Crippen molar-refractivity contribution in [2.24, 2.45) is 0 Å². The van der Waals surface area contributed by atoms with Crippen molar-refractivity contribution in [2.45, 2.75) is 58.5 Å². The summed E-state index contributed by atoms with van der Waals surface area (Å²) >= 11 is 1.25. The summed E-state index contributed by atoms with van der Waals surface area (Å²) in [6, 6.07) is 1.85. The zero-order valence-corrected chi connectivity index (χ0v) is 15.1. The third-order valence-electron chi connectivity index (χ3n) is 4.16. The zero-order valence-electron chi connectivity index (χ0n) is 14.2. The molecule has 0 aromatic carbocycles. The zero-order chi connectivity index (χ0) is 17.7. The second-order valence-electron chi connectivity index (χ2n) is 6.14. The minimum Gasteiger partial charge on any atom is -0.477 e. The fraction of sp³-hybridized carbons (Fsp3) is 0.556. The van der Waals surface area contributed by atoms with Crippen molar-refractivity contribution in [1.82, 2.24) is 0 Å². The second-order valence-corrected chi connectivity index (χ2v) is 7.19. The van der Waals surface area contributed by atoms with Crippen LogP contribution in [0.5, 0.6) is 0 Å². The van der Waals surface area contributed by atoms with E-state index in [-0.39, 0.29) is 10.8 Å². The number of carboxylic acids is 1. The Kier molecular flexibility index (Phi) is 6.57. The summed E-state index contributed by atoms with van der Waals surface area (Å²) < 4.78 is 0. The molecule has 0 bridgehead atoms. The van der Waals surface area contributed by atoms with Gasteiger partial charge in [-0.2, -0.15) is 0 Å². The number of rotatable bonds is 8. The predicted molar refractivity (Wildman–Crippen MR) is 96.7 cm³/mol. The number of allylic oxidation sites excluding steroid dienone is 2. The molecule has 1 heterocycles. The summed E-state index contributed by atoms with van der Waals surface area (Å²) in [7, 11) is 0. The Morgan fingerprint density at radius 3 is 2.71 bits per heavy atom. The molecule has 5 nitrogen and oxygen atoms in total. The van der Waals surface area contributed by atoms with Crippen molar-refractivity contribution >= 4 is 34.5 Å². The molecule has 1 aromatic rings. The van der Waals surface area contributed by atoms with Crippen LogP contribution in [0.2, 0.25) is 0 Å². The van der Waals surface area contributed by atoms with Gasteiger partial charge in [0.05, 0.1) is 11.8 Å². The van der Waals surface area contributed by atoms with E-state index in [4.69, 9.17) is 0 Å². The summed E-state index contributed by atoms with van der Waals surface area (Å²) in [6.45, 7) is 3.91. The van der Waals surface area contributed by atoms with Gasteiger partial charge in [0.1, 0.15) is 4.88 Å². The lowest BCUT2D eigenvalue weighted by molar-refractivity contribution is -0.118. The molecule has 1 aromatic heterocycles. The number of thiophene rings is 1. The van der Waals surface area contributed by atoms with Crippen LogP contribution in [-0.2, 0) is 4.79 Å². The number of amides is 1. The normalized spacial score (nSPS) is 15.2. The molecule has 1 aliphatic carbocycles. The standard InChI is InChI=1S/C18H25NO4S/c1-3-16(21)19(10-6-7-12(2)20)14-11-15(13-8-4-5-9-13)24-17(14)18(22)23/h8,11-12,20H,3-7,9-10H2,1-2H3,(H,22,23). The van der Waals surface area contributed by atoms with E-state index in [1.165, 1.54) is 16.9 Å². The summed E-state index contributed by atoms with van der Waals surface area (Å²) in [6.07, 6.45) is 6.34. The highest BCUT2D eigenvalue weighted by Crippen LogP contribution is 2.38. The Morgan fingerprint density at radius 1 is 1.42 bits per heavy atom. The molecule has 2 N–H and O–H groups in total. The SMILES string of the molecule is CCC(=O)N(CCCC(C)O)c1cc(C2=CCCC2)sc1C(=O)O. The van der Waals surface area contributed by atoms with Crippen LogP contribution in [0.4, 0.5) is 5.69 Å². The molecular weight excluding hydrogens is 326 g/mol. The van der Waals surface area contributed by atoms with Crippen molar-refractivity contribution in [1.29, 1.82) is 0 Å². The topological polar surface area (TPSA) is 77.8 Å². The molecule has 0 radical (unpaired) electrons. The monoisotopic (exact) mass is 351 g/mol. The van der Waals surface area contributed by atoms with E-state index in [9.17, 15) is 19.8 Å². The third-order valence-corrected chi connectivity index (χ3v) is 5.35. The van der Waals surface area contributed by atoms with Crippen molar-refractivity contribution in [3.05, 3.63) is 21.9 Å². The quantitative estimate of drug-likeness (QED) is 0.744. The number of carbonyl (C=O) groups is 2. The third kappa shape index (κ3) is 4.45. The Balaban J connectivity index is 2.32. The first-order valence-electron chi connectivity index (χ1n) is 8.49. The molecule has 2 rings (SSSR count). The lowest BCUT2D eigenvalue weighted by Gasteiger charge is -2.22. The first-order valence-corrected chi connectivity index (χ1v) is 9.30. The van der Waals surface area contributed by atoms with Crippen molar-refractivity contribution < 1.29 is 19.8 Å². The van der Waals surface area contributed by atoms with Gasteiger partial charge in [0, 0.05) is 17.8 Å². The van der Waals surface area contributed by atoms with E-state index in [1.807, 2.05) is 6.07 Å². The number of aromatic carboxylic acids is 1. The number of aliphatic hydroxyl groups is 1. The summed E-state index contributed by atoms with van der Waals surface area (Å²) in [5, 5.41) is 19.0. The number of anilines is 1. The van der Waals surface area contributed by atoms with E-state index in [2.05, 4.69) is 6.08 Å². The van der Waals surface area contributed by atoms with Gasteiger partial charge in [0.25, 0.3) is 0 Å². The molecule has 0 fully saturated rings. The predicted octanol–water partition coefficient (Wildman–Crippen LogP) is 3.92. The van der Waals surface area contributed by atoms with Crippen molar-refractivity contribution in [3.8, 4) is 0 Å². The van der Waals surface area contributed by atoms with Crippen molar-refractivity contribution in [2.75, 3.05) is 11.4 Å². The lowest BCUT2D eigenvalue weighted by Crippen LogP contribution is -2.32. The molecule has 0 saturated heterocycles. The van der Waals surface area contributed by atoms with Gasteiger partial charge in [0.2, 0.25) is 5.91 Å². The van der Waals surface area contributed by atoms with Gasteiger partial charge >= 0.3 is 5.97 Å². The highest BCUT2D eigenvalue weighted by atomic mass is 32.1. The number of carbonyl (C=O) groups excluding carboxylic acids is 1. The van der Waals surface area contributed by atoms with Crippen LogP contribution < -0.4 is 4.90 Å². The van der Waals surface area contributed by atoms with Gasteiger partial charge in [-0.1, -0.05) is 13.0 Å². The van der Waals surface area contributed by atoms with Gasteiger partial charge < -0.3 is 15.1 Å². The Bertz CT molecular complexity index is 633. The van der Waals surface area contributed by atoms with Crippen LogP contribution in [0.3, 0.4) is 0 Å². The largest absolute Gasteiger partial charge is 0.477 e. The molecule has 1 unspecified atom stereocenters. The smallest absolute Gasteiger partial charge is 0.348 e. The molecule has 6 heteroatoms. The van der Waals surface area contributed by atoms with Crippen LogP contribution in [0.1, 0.15) is 66.9 Å². The Morgan fingerprint density at radius 2 is 2.17 bits per heavy atom. The first-order chi connectivity index (χ1) is 11.4. The number of carboxylic acid groups (broad SMARTS) is 1. The second kappa shape index (κ2) is 8.44. The number of aliphatic hydroxyl groups excluding tert-OH is 1. The number of hydrogen-bond acceptors (Lipinski definition) is 4. The average molecular weight is 351 g/mol. The van der Waals surface area contributed by atoms with E-state index in [0.29, 0.717) is 31.5 Å². The van der Waals surface area contributed by atoms with E-state index in [1.54, 1.807) is 18.7 Å². The Labute approximate surface area is 146 Å². The molecule has 0 saturated carbocycles. The Hall–Kier alpha value is -1.66. The van der Waals surface area contributed by atoms with Gasteiger partial charge in [0.15, 0.2) is 0 Å². The molecular formula is C18H25NO4S. The fourth-order valence-corrected chi connectivity index (χ4v) is 3.97. The van der Waals surface area contributed by atoms with E-state index in [0.717, 1.165) is 24.1 Å². The summed E-state index contributed by atoms with van der Waals surface area (Å²) in [4.78, 5) is 26.8. The maximum absolute atomic E-state index is 12.4. The average Bonchev–Trinajstić information content (AvgIpc) is 3.19. The minimum atomic E-state index is -0.996. The van der Waals surface area contributed by atoms with Crippen LogP contribution >= 0.6 is 11.3 Å². The highest BCUT2D eigenvalue weighted by Gasteiger charge is 2.25. The maximum atomic E-state index is 12.4. The maximum Gasteiger partial charge on any atom is 0.348 e. The number of hydrogen-bond donors (Lipinski definition) is 2. The van der Waals surface area contributed by atoms with Crippen LogP contribution in [0.15, 0.2) is 12.1 Å². The van der Waals surface area contributed by atoms with Gasteiger partial charge in [-0.25, -0.2) is 4.79 Å². The lowest BCUT2D eigenvalue weighted by atomic mass is 10.1. The molecule has 132 valence electrons. The number of nitrogens with zero attached hydrogens (tertiary/aromatic N) is 1. The van der Waals surface area contributed by atoms with E-state index < -0.39 is 12.1 Å². The van der Waals surface area contributed by atoms with E-state index >= 15 is 0 Å². The molecule has 1 atom stereocenters. The minimum absolute atomic E-state index is 0.0900. The molecule has 1 amide bonds. The van der Waals surface area contributed by atoms with Gasteiger partial charge in [-0.3, -0.25) is 4.79 Å². The molecule has 0 aliphatic heterocycles. The molecule has 0 spiro atoms. The summed E-state index contributed by atoms with van der Waals surface area (Å²) in [5.41, 5.74) is 1.68. The molecule has 24 heavy (non-hydrogen) atoms. The first kappa shape index (κ1) is 18.7. The van der Waals surface area contributed by atoms with Gasteiger partial charge in [-0.15, -0.1) is 11.3 Å². The molecule has 1 aliphatic rings. The highest BCUT2D eigenvalue weighted by molar-refractivity contribution is 7.15. The van der Waals surface area contributed by atoms with Gasteiger partial charge in [-0.05, 0) is 50.7 Å². The fourth-order valence-electron chi connectivity index (χ4n) is 2.90. The van der Waals surface area contributed by atoms with Crippen LogP contribution in [0, 0.1) is 0 Å².